The van der Waals surface area contributed by atoms with E-state index in [-0.39, 0.29) is 5.60 Å². The minimum absolute atomic E-state index is 0.0952. The van der Waals surface area contributed by atoms with Crippen LogP contribution in [0.4, 0.5) is 0 Å². The summed E-state index contributed by atoms with van der Waals surface area (Å²) in [7, 11) is 2.01. The van der Waals surface area contributed by atoms with Crippen molar-refractivity contribution in [3.05, 3.63) is 29.8 Å². The monoisotopic (exact) mass is 219 g/mol. The van der Waals surface area contributed by atoms with Gasteiger partial charge < -0.3 is 14.8 Å². The third kappa shape index (κ3) is 1.51. The Bertz CT molecular complexity index is 385. The van der Waals surface area contributed by atoms with E-state index >= 15 is 0 Å². The second kappa shape index (κ2) is 3.75. The van der Waals surface area contributed by atoms with Gasteiger partial charge in [-0.3, -0.25) is 0 Å². The van der Waals surface area contributed by atoms with Gasteiger partial charge in [-0.1, -0.05) is 18.2 Å². The third-order valence-electron chi connectivity index (χ3n) is 3.61. The van der Waals surface area contributed by atoms with Gasteiger partial charge in [0, 0.05) is 24.4 Å². The fourth-order valence-corrected chi connectivity index (χ4v) is 2.71. The van der Waals surface area contributed by atoms with Crippen LogP contribution < -0.4 is 10.1 Å². The molecule has 0 aromatic heterocycles. The molecule has 2 aliphatic rings. The van der Waals surface area contributed by atoms with E-state index in [0.717, 1.165) is 31.8 Å². The summed E-state index contributed by atoms with van der Waals surface area (Å²) in [6.07, 6.45) is 2.00. The number of fused-ring (bicyclic) bond motifs is 1. The van der Waals surface area contributed by atoms with Crippen LogP contribution in [-0.4, -0.2) is 25.9 Å². The molecule has 0 aliphatic carbocycles. The number of ether oxygens (including phenoxy) is 2. The summed E-state index contributed by atoms with van der Waals surface area (Å²) < 4.78 is 11.6. The van der Waals surface area contributed by atoms with Crippen LogP contribution in [0.1, 0.15) is 24.4 Å². The van der Waals surface area contributed by atoms with Crippen LogP contribution in [-0.2, 0) is 4.74 Å². The van der Waals surface area contributed by atoms with Crippen molar-refractivity contribution in [3.8, 4) is 5.75 Å². The van der Waals surface area contributed by atoms with Gasteiger partial charge in [-0.2, -0.15) is 0 Å². The predicted molar refractivity (Wildman–Crippen MR) is 61.7 cm³/mol. The molecule has 1 saturated heterocycles. The highest BCUT2D eigenvalue weighted by Crippen LogP contribution is 2.42. The Morgan fingerprint density at radius 2 is 2.25 bits per heavy atom. The molecule has 2 heterocycles. The first kappa shape index (κ1) is 10.1. The van der Waals surface area contributed by atoms with Crippen LogP contribution in [0.3, 0.4) is 0 Å². The molecular formula is C13H17NO2. The van der Waals surface area contributed by atoms with Gasteiger partial charge in [0.25, 0.3) is 0 Å². The first-order valence-electron chi connectivity index (χ1n) is 5.86. The molecule has 3 nitrogen and oxygen atoms in total. The zero-order valence-corrected chi connectivity index (χ0v) is 9.53. The van der Waals surface area contributed by atoms with Crippen LogP contribution in [0.25, 0.3) is 0 Å². The highest BCUT2D eigenvalue weighted by atomic mass is 16.6. The number of para-hydroxylation sites is 1. The number of hydrogen-bond donors (Lipinski definition) is 1. The molecule has 2 atom stereocenters. The molecule has 0 saturated carbocycles. The molecule has 2 unspecified atom stereocenters. The highest BCUT2D eigenvalue weighted by molar-refractivity contribution is 5.39. The van der Waals surface area contributed by atoms with Gasteiger partial charge in [0.15, 0.2) is 0 Å². The average molecular weight is 219 g/mol. The predicted octanol–water partition coefficient (Wildman–Crippen LogP) is 1.89. The number of benzene rings is 1. The summed E-state index contributed by atoms with van der Waals surface area (Å²) >= 11 is 0. The van der Waals surface area contributed by atoms with Gasteiger partial charge in [-0.25, -0.2) is 0 Å². The zero-order valence-electron chi connectivity index (χ0n) is 9.53. The lowest BCUT2D eigenvalue weighted by atomic mass is 9.87. The van der Waals surface area contributed by atoms with Crippen LogP contribution in [0, 0.1) is 0 Å². The van der Waals surface area contributed by atoms with E-state index in [1.165, 1.54) is 5.56 Å². The quantitative estimate of drug-likeness (QED) is 0.782. The van der Waals surface area contributed by atoms with Crippen molar-refractivity contribution in [2.24, 2.45) is 0 Å². The summed E-state index contributed by atoms with van der Waals surface area (Å²) in [5.41, 5.74) is 1.17. The molecule has 86 valence electrons. The van der Waals surface area contributed by atoms with E-state index in [1.54, 1.807) is 0 Å². The molecule has 1 aromatic rings. The van der Waals surface area contributed by atoms with E-state index < -0.39 is 0 Å². The van der Waals surface area contributed by atoms with E-state index in [1.807, 2.05) is 13.1 Å². The lowest BCUT2D eigenvalue weighted by Gasteiger charge is -2.38. The van der Waals surface area contributed by atoms with Crippen LogP contribution in [0.2, 0.25) is 0 Å². The number of hydrogen-bond acceptors (Lipinski definition) is 3. The lowest BCUT2D eigenvalue weighted by Crippen LogP contribution is -2.44. The minimum atomic E-state index is -0.0952. The maximum Gasteiger partial charge on any atom is 0.136 e. The molecule has 0 amide bonds. The maximum absolute atomic E-state index is 6.15. The molecule has 3 rings (SSSR count). The van der Waals surface area contributed by atoms with Gasteiger partial charge in [0.1, 0.15) is 11.4 Å². The maximum atomic E-state index is 6.15. The van der Waals surface area contributed by atoms with Crippen molar-refractivity contribution >= 4 is 0 Å². The topological polar surface area (TPSA) is 30.5 Å². The molecular weight excluding hydrogens is 202 g/mol. The third-order valence-corrected chi connectivity index (χ3v) is 3.61. The molecule has 1 aromatic carbocycles. The summed E-state index contributed by atoms with van der Waals surface area (Å²) in [4.78, 5) is 0. The molecule has 1 spiro atoms. The normalized spacial score (nSPS) is 32.4. The summed E-state index contributed by atoms with van der Waals surface area (Å²) in [5.74, 6) is 1.01. The van der Waals surface area contributed by atoms with Crippen molar-refractivity contribution in [2.45, 2.75) is 24.5 Å². The van der Waals surface area contributed by atoms with Crippen molar-refractivity contribution < 1.29 is 9.47 Å². The van der Waals surface area contributed by atoms with E-state index in [0.29, 0.717) is 6.04 Å². The fourth-order valence-electron chi connectivity index (χ4n) is 2.71. The van der Waals surface area contributed by atoms with Gasteiger partial charge in [0.2, 0.25) is 0 Å². The SMILES string of the molecule is CNC1CC2(CCOC2)Oc2ccccc21. The summed E-state index contributed by atoms with van der Waals surface area (Å²) in [5, 5.41) is 3.38. The Morgan fingerprint density at radius 3 is 3.00 bits per heavy atom. The molecule has 3 heteroatoms. The van der Waals surface area contributed by atoms with Gasteiger partial charge in [-0.05, 0) is 13.1 Å². The molecule has 16 heavy (non-hydrogen) atoms. The summed E-state index contributed by atoms with van der Waals surface area (Å²) in [6.45, 7) is 1.54. The largest absolute Gasteiger partial charge is 0.484 e. The smallest absolute Gasteiger partial charge is 0.136 e. The van der Waals surface area contributed by atoms with Crippen molar-refractivity contribution in [1.82, 2.24) is 5.32 Å². The zero-order chi connectivity index (χ0) is 11.0. The molecule has 0 bridgehead atoms. The lowest BCUT2D eigenvalue weighted by molar-refractivity contribution is 0.0198. The Morgan fingerprint density at radius 1 is 1.38 bits per heavy atom. The Labute approximate surface area is 95.8 Å². The van der Waals surface area contributed by atoms with Gasteiger partial charge >= 0.3 is 0 Å². The molecule has 1 fully saturated rings. The van der Waals surface area contributed by atoms with E-state index in [9.17, 15) is 0 Å². The van der Waals surface area contributed by atoms with E-state index in [4.69, 9.17) is 9.47 Å². The van der Waals surface area contributed by atoms with Crippen molar-refractivity contribution in [3.63, 3.8) is 0 Å². The Hall–Kier alpha value is -1.06. The van der Waals surface area contributed by atoms with Crippen LogP contribution in [0.15, 0.2) is 24.3 Å². The Balaban J connectivity index is 1.98. The van der Waals surface area contributed by atoms with Gasteiger partial charge in [0.05, 0.1) is 13.2 Å². The highest BCUT2D eigenvalue weighted by Gasteiger charge is 2.43. The number of nitrogens with one attached hydrogen (secondary N) is 1. The molecule has 1 N–H and O–H groups in total. The van der Waals surface area contributed by atoms with E-state index in [2.05, 4.69) is 23.5 Å². The van der Waals surface area contributed by atoms with Crippen LogP contribution >= 0.6 is 0 Å². The Kier molecular flexibility index (Phi) is 2.37. The van der Waals surface area contributed by atoms with Crippen molar-refractivity contribution in [2.75, 3.05) is 20.3 Å². The second-order valence-corrected chi connectivity index (χ2v) is 4.67. The summed E-state index contributed by atoms with van der Waals surface area (Å²) in [6, 6.07) is 8.67. The molecule has 2 aliphatic heterocycles. The van der Waals surface area contributed by atoms with Gasteiger partial charge in [-0.15, -0.1) is 0 Å². The first-order chi connectivity index (χ1) is 7.83. The minimum Gasteiger partial charge on any atom is -0.484 e. The fraction of sp³-hybridized carbons (Fsp3) is 0.538. The number of rotatable bonds is 1. The first-order valence-corrected chi connectivity index (χ1v) is 5.86. The standard InChI is InChI=1S/C13H17NO2/c1-14-11-8-13(6-7-15-9-13)16-12-5-3-2-4-10(11)12/h2-5,11,14H,6-9H2,1H3. The second-order valence-electron chi connectivity index (χ2n) is 4.67. The van der Waals surface area contributed by atoms with Crippen molar-refractivity contribution in [1.29, 1.82) is 0 Å². The molecule has 0 radical (unpaired) electrons. The average Bonchev–Trinajstić information content (AvgIpc) is 2.76. The van der Waals surface area contributed by atoms with Crippen LogP contribution in [0.5, 0.6) is 5.75 Å².